The Balaban J connectivity index is 1.41. The molecule has 4 N–H and O–H groups in total. The minimum Gasteiger partial charge on any atom is -0.487 e. The summed E-state index contributed by atoms with van der Waals surface area (Å²) >= 11 is 0. The first-order chi connectivity index (χ1) is 19.1. The van der Waals surface area contributed by atoms with Gasteiger partial charge in [-0.2, -0.15) is 15.1 Å². The van der Waals surface area contributed by atoms with Crippen LogP contribution in [0.1, 0.15) is 5.56 Å². The number of fused-ring (bicyclic) bond motifs is 2. The second kappa shape index (κ2) is 12.2. The van der Waals surface area contributed by atoms with E-state index in [0.29, 0.717) is 91.0 Å². The molecule has 0 radical (unpaired) electrons. The topological polar surface area (TPSA) is 145 Å². The van der Waals surface area contributed by atoms with E-state index < -0.39 is 0 Å². The number of aromatic amines is 1. The van der Waals surface area contributed by atoms with Crippen LogP contribution in [0.4, 0.5) is 28.8 Å². The molecule has 1 aliphatic heterocycles. The van der Waals surface area contributed by atoms with Crippen LogP contribution in [0.5, 0.6) is 11.5 Å². The van der Waals surface area contributed by atoms with Crippen molar-refractivity contribution in [1.82, 2.24) is 20.2 Å². The highest BCUT2D eigenvalue weighted by atomic mass is 16.6. The third-order valence-electron chi connectivity index (χ3n) is 5.72. The van der Waals surface area contributed by atoms with Gasteiger partial charge in [0.2, 0.25) is 11.9 Å². The molecule has 2 aromatic heterocycles. The predicted octanol–water partition coefficient (Wildman–Crippen LogP) is 4.08. The van der Waals surface area contributed by atoms with E-state index in [9.17, 15) is 4.79 Å². The van der Waals surface area contributed by atoms with Gasteiger partial charge >= 0.3 is 0 Å². The minimum atomic E-state index is -0.316. The number of rotatable bonds is 6. The van der Waals surface area contributed by atoms with E-state index in [1.807, 2.05) is 43.3 Å². The van der Waals surface area contributed by atoms with Crippen molar-refractivity contribution in [3.8, 4) is 11.5 Å². The summed E-state index contributed by atoms with van der Waals surface area (Å²) in [6.07, 6.45) is 2.85. The molecular weight excluding hydrogens is 502 g/mol. The van der Waals surface area contributed by atoms with Crippen molar-refractivity contribution in [2.45, 2.75) is 6.92 Å². The molecule has 2 aromatic carbocycles. The molecule has 202 valence electrons. The van der Waals surface area contributed by atoms with E-state index in [0.717, 1.165) is 5.56 Å². The van der Waals surface area contributed by atoms with E-state index in [-0.39, 0.29) is 5.91 Å². The number of carbonyl (C=O) groups excluding carboxylic acids is 1. The average molecular weight is 532 g/mol. The number of aromatic nitrogens is 4. The highest BCUT2D eigenvalue weighted by Gasteiger charge is 2.14. The van der Waals surface area contributed by atoms with Crippen LogP contribution in [0.2, 0.25) is 0 Å². The van der Waals surface area contributed by atoms with Gasteiger partial charge in [0.15, 0.2) is 17.1 Å². The molecule has 3 heterocycles. The van der Waals surface area contributed by atoms with Crippen molar-refractivity contribution >= 4 is 45.8 Å². The molecule has 5 rings (SSSR count). The first kappa shape index (κ1) is 25.9. The van der Waals surface area contributed by atoms with Gasteiger partial charge in [0, 0.05) is 11.8 Å². The van der Waals surface area contributed by atoms with E-state index >= 15 is 0 Å². The Morgan fingerprint density at radius 1 is 0.923 bits per heavy atom. The van der Waals surface area contributed by atoms with Crippen LogP contribution >= 0.6 is 0 Å². The number of aryl methyl sites for hydroxylation is 1. The Morgan fingerprint density at radius 3 is 2.49 bits per heavy atom. The zero-order valence-corrected chi connectivity index (χ0v) is 21.5. The second-order valence-corrected chi connectivity index (χ2v) is 8.60. The highest BCUT2D eigenvalue weighted by molar-refractivity contribution is 6.02. The number of anilines is 5. The molecule has 0 spiro atoms. The number of nitrogens with one attached hydrogen (secondary N) is 4. The summed E-state index contributed by atoms with van der Waals surface area (Å²) in [7, 11) is 0. The van der Waals surface area contributed by atoms with Crippen LogP contribution in [0.25, 0.3) is 11.0 Å². The summed E-state index contributed by atoms with van der Waals surface area (Å²) in [5.41, 5.74) is 3.46. The molecule has 4 aromatic rings. The fraction of sp³-hybridized carbons (Fsp3) is 0.259. The van der Waals surface area contributed by atoms with Gasteiger partial charge in [0.1, 0.15) is 19.0 Å². The van der Waals surface area contributed by atoms with Crippen LogP contribution in [-0.2, 0) is 14.3 Å². The molecule has 1 amide bonds. The Labute approximate surface area is 224 Å². The van der Waals surface area contributed by atoms with Gasteiger partial charge in [-0.1, -0.05) is 12.6 Å². The zero-order chi connectivity index (χ0) is 27.0. The lowest BCUT2D eigenvalue weighted by atomic mass is 10.2. The maximum absolute atomic E-state index is 12.0. The Bertz CT molecular complexity index is 1470. The van der Waals surface area contributed by atoms with Crippen molar-refractivity contribution in [3.63, 3.8) is 0 Å². The Morgan fingerprint density at radius 2 is 1.69 bits per heavy atom. The summed E-state index contributed by atoms with van der Waals surface area (Å²) in [5.74, 6) is 1.67. The van der Waals surface area contributed by atoms with Gasteiger partial charge in [-0.3, -0.25) is 9.89 Å². The fourth-order valence-electron chi connectivity index (χ4n) is 3.86. The number of hydrogen-bond acceptors (Lipinski definition) is 10. The normalized spacial score (nSPS) is 14.1. The van der Waals surface area contributed by atoms with E-state index in [4.69, 9.17) is 18.9 Å². The zero-order valence-electron chi connectivity index (χ0n) is 21.5. The number of benzene rings is 2. The quantitative estimate of drug-likeness (QED) is 0.269. The number of amides is 1. The van der Waals surface area contributed by atoms with Crippen molar-refractivity contribution in [1.29, 1.82) is 0 Å². The standard InChI is InChI=1S/C27H29N7O5/c1-3-24(35)30-21-14-17(2)4-6-20(21)31-25-19-16-28-34-26(19)33-27(32-25)29-18-5-7-22-23(15-18)39-13-11-37-9-8-36-10-12-38-22/h3-7,14-16H,1,8-13H2,2H3,(H,30,35)(H3,28,29,31,32,33,34). The molecule has 0 atom stereocenters. The average Bonchev–Trinajstić information content (AvgIpc) is 3.40. The van der Waals surface area contributed by atoms with Gasteiger partial charge < -0.3 is 34.9 Å². The van der Waals surface area contributed by atoms with E-state index in [2.05, 4.69) is 42.7 Å². The van der Waals surface area contributed by atoms with Crippen LogP contribution < -0.4 is 25.4 Å². The van der Waals surface area contributed by atoms with Gasteiger partial charge in [0.05, 0.1) is 49.4 Å². The SMILES string of the molecule is C=CC(=O)Nc1cc(C)ccc1Nc1nc(Nc2ccc3c(c2)OCCOCCOCCO3)nc2[nH]ncc12. The molecule has 0 bridgehead atoms. The molecular formula is C27H29N7O5. The second-order valence-electron chi connectivity index (χ2n) is 8.60. The third kappa shape index (κ3) is 6.61. The van der Waals surface area contributed by atoms with Crippen LogP contribution in [0, 0.1) is 6.92 Å². The first-order valence-electron chi connectivity index (χ1n) is 12.4. The molecule has 0 aliphatic carbocycles. The molecule has 39 heavy (non-hydrogen) atoms. The van der Waals surface area contributed by atoms with Gasteiger partial charge in [-0.15, -0.1) is 0 Å². The Hall–Kier alpha value is -4.68. The van der Waals surface area contributed by atoms with Crippen LogP contribution in [-0.4, -0.2) is 65.7 Å². The highest BCUT2D eigenvalue weighted by Crippen LogP contribution is 2.33. The smallest absolute Gasteiger partial charge is 0.247 e. The van der Waals surface area contributed by atoms with E-state index in [1.54, 1.807) is 6.20 Å². The van der Waals surface area contributed by atoms with Crippen molar-refractivity contribution in [3.05, 3.63) is 60.8 Å². The molecule has 0 unspecified atom stereocenters. The monoisotopic (exact) mass is 531 g/mol. The molecule has 0 fully saturated rings. The molecule has 1 aliphatic rings. The fourth-order valence-corrected chi connectivity index (χ4v) is 3.86. The lowest BCUT2D eigenvalue weighted by Gasteiger charge is -2.17. The summed E-state index contributed by atoms with van der Waals surface area (Å²) in [5, 5.41) is 17.1. The summed E-state index contributed by atoms with van der Waals surface area (Å²) in [4.78, 5) is 21.2. The number of hydrogen-bond donors (Lipinski definition) is 4. The third-order valence-corrected chi connectivity index (χ3v) is 5.72. The number of nitrogens with zero attached hydrogens (tertiary/aromatic N) is 3. The maximum atomic E-state index is 12.0. The minimum absolute atomic E-state index is 0.316. The molecule has 12 nitrogen and oxygen atoms in total. The van der Waals surface area contributed by atoms with Crippen LogP contribution in [0.15, 0.2) is 55.3 Å². The van der Waals surface area contributed by atoms with Gasteiger partial charge in [-0.05, 0) is 42.8 Å². The molecule has 0 saturated carbocycles. The van der Waals surface area contributed by atoms with Gasteiger partial charge in [0.25, 0.3) is 0 Å². The summed E-state index contributed by atoms with van der Waals surface area (Å²) in [6, 6.07) is 11.1. The summed E-state index contributed by atoms with van der Waals surface area (Å²) in [6.45, 7) is 8.15. The molecule has 12 heteroatoms. The van der Waals surface area contributed by atoms with Crippen LogP contribution in [0.3, 0.4) is 0 Å². The van der Waals surface area contributed by atoms with Crippen molar-refractivity contribution < 1.29 is 23.7 Å². The van der Waals surface area contributed by atoms with Crippen molar-refractivity contribution in [2.75, 3.05) is 55.6 Å². The predicted molar refractivity (Wildman–Crippen MR) is 147 cm³/mol. The number of carbonyl (C=O) groups is 1. The first-order valence-corrected chi connectivity index (χ1v) is 12.4. The summed E-state index contributed by atoms with van der Waals surface area (Å²) < 4.78 is 22.8. The lowest BCUT2D eigenvalue weighted by molar-refractivity contribution is -0.111. The Kier molecular flexibility index (Phi) is 8.15. The van der Waals surface area contributed by atoms with Crippen molar-refractivity contribution in [2.24, 2.45) is 0 Å². The largest absolute Gasteiger partial charge is 0.487 e. The van der Waals surface area contributed by atoms with Gasteiger partial charge in [-0.25, -0.2) is 0 Å². The lowest BCUT2D eigenvalue weighted by Crippen LogP contribution is -2.15. The van der Waals surface area contributed by atoms with E-state index in [1.165, 1.54) is 6.08 Å². The molecule has 0 saturated heterocycles. The maximum Gasteiger partial charge on any atom is 0.247 e. The number of ether oxygens (including phenoxy) is 4. The number of H-pyrrole nitrogens is 1.